The van der Waals surface area contributed by atoms with Crippen molar-refractivity contribution in [3.63, 3.8) is 0 Å². The van der Waals surface area contributed by atoms with Crippen LogP contribution in [0.1, 0.15) is 23.5 Å². The van der Waals surface area contributed by atoms with E-state index < -0.39 is 42.0 Å². The largest absolute Gasteiger partial charge is 0.480 e. The average molecular weight is 307 g/mol. The molecule has 0 saturated heterocycles. The van der Waals surface area contributed by atoms with Crippen LogP contribution in [-0.4, -0.2) is 51.4 Å². The number of rotatable bonds is 4. The van der Waals surface area contributed by atoms with Crippen LogP contribution in [-0.2, 0) is 9.53 Å². The van der Waals surface area contributed by atoms with Gasteiger partial charge in [0.1, 0.15) is 5.54 Å². The maximum absolute atomic E-state index is 12.9. The first-order valence-electron chi connectivity index (χ1n) is 5.83. The molecule has 2 rings (SSSR count). The van der Waals surface area contributed by atoms with Crippen molar-refractivity contribution in [2.24, 2.45) is 0 Å². The SMILES string of the molecule is COC1(C(F)(F)F)CC(NC(=O)c2ncc[nH]2)(C(=O)O)C1. The van der Waals surface area contributed by atoms with E-state index in [0.717, 1.165) is 7.11 Å². The van der Waals surface area contributed by atoms with Gasteiger partial charge in [-0.25, -0.2) is 9.78 Å². The molecule has 116 valence electrons. The molecule has 0 bridgehead atoms. The first-order valence-corrected chi connectivity index (χ1v) is 5.83. The smallest absolute Gasteiger partial charge is 0.417 e. The highest BCUT2D eigenvalue weighted by Crippen LogP contribution is 2.53. The lowest BCUT2D eigenvalue weighted by Crippen LogP contribution is -2.74. The number of aromatic nitrogens is 2. The minimum atomic E-state index is -4.73. The minimum Gasteiger partial charge on any atom is -0.480 e. The van der Waals surface area contributed by atoms with Crippen LogP contribution in [0.15, 0.2) is 12.4 Å². The Morgan fingerprint density at radius 2 is 2.10 bits per heavy atom. The number of carboxylic acids is 1. The second-order valence-electron chi connectivity index (χ2n) is 4.83. The van der Waals surface area contributed by atoms with Crippen molar-refractivity contribution in [2.75, 3.05) is 7.11 Å². The molecular formula is C11H12F3N3O4. The zero-order chi connectivity index (χ0) is 15.9. The summed E-state index contributed by atoms with van der Waals surface area (Å²) < 4.78 is 43.2. The molecule has 0 aliphatic heterocycles. The fraction of sp³-hybridized carbons (Fsp3) is 0.545. The molecule has 0 aromatic carbocycles. The number of nitrogens with one attached hydrogen (secondary N) is 2. The van der Waals surface area contributed by atoms with Crippen molar-refractivity contribution in [1.82, 2.24) is 15.3 Å². The maximum atomic E-state index is 12.9. The van der Waals surface area contributed by atoms with Crippen LogP contribution in [0, 0.1) is 0 Å². The Labute approximate surface area is 116 Å². The molecule has 1 amide bonds. The number of hydrogen-bond donors (Lipinski definition) is 3. The van der Waals surface area contributed by atoms with Crippen molar-refractivity contribution in [3.05, 3.63) is 18.2 Å². The summed E-state index contributed by atoms with van der Waals surface area (Å²) in [6.07, 6.45) is -3.93. The molecule has 1 aromatic heterocycles. The highest BCUT2D eigenvalue weighted by atomic mass is 19.4. The number of nitrogens with zero attached hydrogens (tertiary/aromatic N) is 1. The Hall–Kier alpha value is -2.10. The molecule has 7 nitrogen and oxygen atoms in total. The molecule has 1 aliphatic rings. The van der Waals surface area contributed by atoms with E-state index in [2.05, 4.69) is 20.0 Å². The molecule has 0 atom stereocenters. The number of alkyl halides is 3. The first-order chi connectivity index (χ1) is 9.66. The third-order valence-electron chi connectivity index (χ3n) is 3.56. The Kier molecular flexibility index (Phi) is 3.44. The number of hydrogen-bond acceptors (Lipinski definition) is 4. The van der Waals surface area contributed by atoms with Gasteiger partial charge in [0.05, 0.1) is 0 Å². The highest BCUT2D eigenvalue weighted by Gasteiger charge is 2.72. The summed E-state index contributed by atoms with van der Waals surface area (Å²) in [5, 5.41) is 11.2. The molecule has 1 fully saturated rings. The molecule has 3 N–H and O–H groups in total. The van der Waals surface area contributed by atoms with Crippen LogP contribution in [0.2, 0.25) is 0 Å². The number of imidazole rings is 1. The number of aromatic amines is 1. The summed E-state index contributed by atoms with van der Waals surface area (Å²) >= 11 is 0. The van der Waals surface area contributed by atoms with E-state index in [1.807, 2.05) is 0 Å². The number of aliphatic carboxylic acids is 1. The quantitative estimate of drug-likeness (QED) is 0.759. The molecule has 1 aromatic rings. The monoisotopic (exact) mass is 307 g/mol. The standard InChI is InChI=1S/C11H12F3N3O4/c1-21-10(11(12,13)14)4-9(5-10,8(19)20)17-7(18)6-15-2-3-16-6/h2-3H,4-5H2,1H3,(H,15,16)(H,17,18)(H,19,20). The Morgan fingerprint density at radius 3 is 2.48 bits per heavy atom. The number of carboxylic acid groups (broad SMARTS) is 1. The summed E-state index contributed by atoms with van der Waals surface area (Å²) in [5.41, 5.74) is -4.60. The van der Waals surface area contributed by atoms with Crippen molar-refractivity contribution in [1.29, 1.82) is 0 Å². The molecule has 1 saturated carbocycles. The van der Waals surface area contributed by atoms with E-state index in [-0.39, 0.29) is 5.82 Å². The maximum Gasteiger partial charge on any atom is 0.417 e. The van der Waals surface area contributed by atoms with E-state index >= 15 is 0 Å². The number of halogens is 3. The minimum absolute atomic E-state index is 0.183. The molecule has 1 heterocycles. The van der Waals surface area contributed by atoms with Gasteiger partial charge in [-0.3, -0.25) is 4.79 Å². The zero-order valence-electron chi connectivity index (χ0n) is 10.8. The van der Waals surface area contributed by atoms with E-state index in [4.69, 9.17) is 5.11 Å². The molecule has 0 unspecified atom stereocenters. The number of amides is 1. The van der Waals surface area contributed by atoms with E-state index in [0.29, 0.717) is 0 Å². The molecule has 10 heteroatoms. The fourth-order valence-electron chi connectivity index (χ4n) is 2.34. The Balaban J connectivity index is 2.19. The normalized spacial score (nSPS) is 28.8. The summed E-state index contributed by atoms with van der Waals surface area (Å²) in [5.74, 6) is -2.63. The lowest BCUT2D eigenvalue weighted by atomic mass is 9.64. The first kappa shape index (κ1) is 15.3. The van der Waals surface area contributed by atoms with Crippen molar-refractivity contribution < 1.29 is 32.6 Å². The van der Waals surface area contributed by atoms with Gasteiger partial charge in [0.2, 0.25) is 0 Å². The molecule has 1 aliphatic carbocycles. The zero-order valence-corrected chi connectivity index (χ0v) is 10.8. The van der Waals surface area contributed by atoms with Gasteiger partial charge in [-0.2, -0.15) is 13.2 Å². The number of carbonyl (C=O) groups is 2. The number of carbonyl (C=O) groups excluding carboxylic acids is 1. The van der Waals surface area contributed by atoms with E-state index in [9.17, 15) is 22.8 Å². The van der Waals surface area contributed by atoms with Crippen LogP contribution >= 0.6 is 0 Å². The van der Waals surface area contributed by atoms with Crippen LogP contribution in [0.5, 0.6) is 0 Å². The van der Waals surface area contributed by atoms with Crippen LogP contribution in [0.3, 0.4) is 0 Å². The number of methoxy groups -OCH3 is 1. The Bertz CT molecular complexity index is 550. The fourth-order valence-corrected chi connectivity index (χ4v) is 2.34. The molecule has 0 radical (unpaired) electrons. The summed E-state index contributed by atoms with van der Waals surface area (Å²) in [6, 6.07) is 0. The Morgan fingerprint density at radius 1 is 1.48 bits per heavy atom. The van der Waals surface area contributed by atoms with Gasteiger partial charge in [-0.1, -0.05) is 0 Å². The van der Waals surface area contributed by atoms with Gasteiger partial charge in [0.25, 0.3) is 5.91 Å². The summed E-state index contributed by atoms with van der Waals surface area (Å²) in [7, 11) is 0.855. The second kappa shape index (κ2) is 4.72. The summed E-state index contributed by atoms with van der Waals surface area (Å²) in [6.45, 7) is 0. The second-order valence-corrected chi connectivity index (χ2v) is 4.83. The lowest BCUT2D eigenvalue weighted by molar-refractivity contribution is -0.311. The van der Waals surface area contributed by atoms with Gasteiger partial charge >= 0.3 is 12.1 Å². The van der Waals surface area contributed by atoms with Gasteiger partial charge in [-0.05, 0) is 0 Å². The van der Waals surface area contributed by atoms with Crippen molar-refractivity contribution in [2.45, 2.75) is 30.2 Å². The number of ether oxygens (including phenoxy) is 1. The van der Waals surface area contributed by atoms with Crippen molar-refractivity contribution in [3.8, 4) is 0 Å². The topological polar surface area (TPSA) is 104 Å². The third kappa shape index (κ3) is 2.35. The molecular weight excluding hydrogens is 295 g/mol. The highest BCUT2D eigenvalue weighted by molar-refractivity contribution is 5.95. The van der Waals surface area contributed by atoms with Crippen LogP contribution in [0.25, 0.3) is 0 Å². The van der Waals surface area contributed by atoms with E-state index in [1.54, 1.807) is 0 Å². The van der Waals surface area contributed by atoms with Gasteiger partial charge in [0.15, 0.2) is 11.4 Å². The van der Waals surface area contributed by atoms with Gasteiger partial charge in [0, 0.05) is 32.3 Å². The average Bonchev–Trinajstić information content (AvgIpc) is 2.84. The molecule has 21 heavy (non-hydrogen) atoms. The molecule has 0 spiro atoms. The predicted molar refractivity (Wildman–Crippen MR) is 61.4 cm³/mol. The van der Waals surface area contributed by atoms with Gasteiger partial charge in [-0.15, -0.1) is 0 Å². The van der Waals surface area contributed by atoms with E-state index in [1.165, 1.54) is 12.4 Å². The van der Waals surface area contributed by atoms with Gasteiger partial charge < -0.3 is 20.1 Å². The summed E-state index contributed by atoms with van der Waals surface area (Å²) in [4.78, 5) is 29.1. The van der Waals surface area contributed by atoms with Crippen molar-refractivity contribution >= 4 is 11.9 Å². The van der Waals surface area contributed by atoms with Crippen LogP contribution in [0.4, 0.5) is 13.2 Å². The lowest BCUT2D eigenvalue weighted by Gasteiger charge is -2.52. The van der Waals surface area contributed by atoms with Crippen LogP contribution < -0.4 is 5.32 Å². The number of H-pyrrole nitrogens is 1. The predicted octanol–water partition coefficient (Wildman–Crippen LogP) is 0.704. The third-order valence-corrected chi connectivity index (χ3v) is 3.56.